The van der Waals surface area contributed by atoms with Crippen molar-refractivity contribution in [1.82, 2.24) is 25.5 Å². The lowest BCUT2D eigenvalue weighted by Crippen LogP contribution is -2.21. The van der Waals surface area contributed by atoms with Gasteiger partial charge in [-0.15, -0.1) is 0 Å². The van der Waals surface area contributed by atoms with Gasteiger partial charge in [0.1, 0.15) is 0 Å². The first-order chi connectivity index (χ1) is 17.5. The highest BCUT2D eigenvalue weighted by Gasteiger charge is 2.14. The molecule has 1 heterocycles. The second kappa shape index (κ2) is 12.0. The Hall–Kier alpha value is -4.22. The highest BCUT2D eigenvalue weighted by Crippen LogP contribution is 2.32. The minimum Gasteiger partial charge on any atom is -0.490 e. The van der Waals surface area contributed by atoms with Crippen molar-refractivity contribution in [1.29, 1.82) is 0 Å². The summed E-state index contributed by atoms with van der Waals surface area (Å²) >= 11 is 6.11. The van der Waals surface area contributed by atoms with Gasteiger partial charge in [0.15, 0.2) is 11.5 Å². The van der Waals surface area contributed by atoms with E-state index in [1.54, 1.807) is 6.07 Å². The van der Waals surface area contributed by atoms with Crippen LogP contribution < -0.4 is 20.1 Å². The van der Waals surface area contributed by atoms with Crippen molar-refractivity contribution >= 4 is 23.0 Å². The zero-order chi connectivity index (χ0) is 25.3. The number of hydrogen-bond donors (Lipinski definition) is 2. The number of nitrogens with one attached hydrogen (secondary N) is 2. The van der Waals surface area contributed by atoms with E-state index in [0.717, 1.165) is 11.3 Å². The van der Waals surface area contributed by atoms with Crippen LogP contribution >= 0.6 is 11.6 Å². The van der Waals surface area contributed by atoms with Crippen LogP contribution in [0.4, 0.5) is 11.4 Å². The van der Waals surface area contributed by atoms with Gasteiger partial charge in [0.2, 0.25) is 0 Å². The number of anilines is 1. The van der Waals surface area contributed by atoms with Gasteiger partial charge in [-0.2, -0.15) is 4.68 Å². The quantitative estimate of drug-likeness (QED) is 0.160. The standard InChI is InChI=1S/C24H24ClN7O4/c1-2-35-23-14-17(16-26-12-13-27-21-10-9-19(32(33)34)15-20(21)25)8-11-22(23)36-24-28-29-30-31(24)18-6-4-3-5-7-18/h3-11,14-15,26-27H,2,12-13,16H2,1H3. The maximum atomic E-state index is 10.8. The van der Waals surface area contributed by atoms with Crippen LogP contribution in [-0.2, 0) is 6.54 Å². The lowest BCUT2D eigenvalue weighted by Gasteiger charge is -2.13. The molecule has 0 atom stereocenters. The number of halogens is 1. The summed E-state index contributed by atoms with van der Waals surface area (Å²) in [5.74, 6) is 1.08. The molecule has 0 aliphatic rings. The zero-order valence-corrected chi connectivity index (χ0v) is 20.2. The van der Waals surface area contributed by atoms with Crippen molar-refractivity contribution in [3.05, 3.63) is 87.4 Å². The molecule has 1 aromatic heterocycles. The number of nitro benzene ring substituents is 1. The van der Waals surface area contributed by atoms with E-state index in [0.29, 0.717) is 48.5 Å². The molecule has 4 aromatic rings. The lowest BCUT2D eigenvalue weighted by molar-refractivity contribution is -0.384. The molecule has 0 fully saturated rings. The Kier molecular flexibility index (Phi) is 8.27. The Balaban J connectivity index is 1.34. The van der Waals surface area contributed by atoms with Gasteiger partial charge in [-0.3, -0.25) is 10.1 Å². The van der Waals surface area contributed by atoms with Gasteiger partial charge in [-0.1, -0.05) is 41.0 Å². The predicted octanol–water partition coefficient (Wildman–Crippen LogP) is 4.62. The van der Waals surface area contributed by atoms with Crippen LogP contribution in [0.5, 0.6) is 17.5 Å². The van der Waals surface area contributed by atoms with E-state index in [1.807, 2.05) is 55.5 Å². The fraction of sp³-hybridized carbons (Fsp3) is 0.208. The van der Waals surface area contributed by atoms with Crippen LogP contribution in [0.3, 0.4) is 0 Å². The van der Waals surface area contributed by atoms with Crippen LogP contribution in [0.1, 0.15) is 12.5 Å². The van der Waals surface area contributed by atoms with Crippen LogP contribution in [0, 0.1) is 10.1 Å². The first-order valence-corrected chi connectivity index (χ1v) is 11.6. The molecule has 0 saturated carbocycles. The largest absolute Gasteiger partial charge is 0.490 e. The van der Waals surface area contributed by atoms with E-state index in [2.05, 4.69) is 26.2 Å². The van der Waals surface area contributed by atoms with Crippen LogP contribution in [0.2, 0.25) is 5.02 Å². The summed E-state index contributed by atoms with van der Waals surface area (Å²) in [6.07, 6.45) is 0. The molecule has 0 spiro atoms. The number of ether oxygens (including phenoxy) is 2. The van der Waals surface area contributed by atoms with Gasteiger partial charge < -0.3 is 20.1 Å². The Labute approximate surface area is 212 Å². The monoisotopic (exact) mass is 509 g/mol. The first kappa shape index (κ1) is 24.9. The van der Waals surface area contributed by atoms with E-state index in [-0.39, 0.29) is 11.7 Å². The summed E-state index contributed by atoms with van der Waals surface area (Å²) in [6, 6.07) is 19.7. The Morgan fingerprint density at radius 3 is 2.64 bits per heavy atom. The molecule has 3 aromatic carbocycles. The fourth-order valence-corrected chi connectivity index (χ4v) is 3.61. The molecule has 4 rings (SSSR count). The third-order valence-electron chi connectivity index (χ3n) is 5.06. The normalized spacial score (nSPS) is 10.7. The maximum absolute atomic E-state index is 10.8. The smallest absolute Gasteiger partial charge is 0.346 e. The van der Waals surface area contributed by atoms with Crippen LogP contribution in [0.15, 0.2) is 66.7 Å². The third kappa shape index (κ3) is 6.26. The number of aromatic nitrogens is 4. The van der Waals surface area contributed by atoms with Gasteiger partial charge >= 0.3 is 6.01 Å². The molecule has 186 valence electrons. The summed E-state index contributed by atoms with van der Waals surface area (Å²) in [4.78, 5) is 10.4. The molecule has 36 heavy (non-hydrogen) atoms. The molecule has 11 nitrogen and oxygen atoms in total. The summed E-state index contributed by atoms with van der Waals surface area (Å²) in [6.45, 7) is 4.19. The van der Waals surface area contributed by atoms with Crippen LogP contribution in [-0.4, -0.2) is 44.8 Å². The molecule has 12 heteroatoms. The molecular formula is C24H24ClN7O4. The molecule has 0 radical (unpaired) electrons. The number of para-hydroxylation sites is 1. The molecule has 2 N–H and O–H groups in total. The zero-order valence-electron chi connectivity index (χ0n) is 19.4. The summed E-state index contributed by atoms with van der Waals surface area (Å²) < 4.78 is 13.3. The number of hydrogen-bond acceptors (Lipinski definition) is 9. The SMILES string of the molecule is CCOc1cc(CNCCNc2ccc([N+](=O)[O-])cc2Cl)ccc1Oc1nnnn1-c1ccccc1. The van der Waals surface area contributed by atoms with Crippen molar-refractivity contribution in [2.75, 3.05) is 25.0 Å². The second-order valence-corrected chi connectivity index (χ2v) is 7.96. The number of non-ortho nitro benzene ring substituents is 1. The average molecular weight is 510 g/mol. The molecule has 0 aliphatic heterocycles. The fourth-order valence-electron chi connectivity index (χ4n) is 3.37. The van der Waals surface area contributed by atoms with Crippen molar-refractivity contribution < 1.29 is 14.4 Å². The predicted molar refractivity (Wildman–Crippen MR) is 135 cm³/mol. The molecule has 0 saturated heterocycles. The van der Waals surface area contributed by atoms with Gasteiger partial charge in [-0.25, -0.2) is 0 Å². The Morgan fingerprint density at radius 1 is 1.06 bits per heavy atom. The van der Waals surface area contributed by atoms with Gasteiger partial charge in [0.25, 0.3) is 5.69 Å². The van der Waals surface area contributed by atoms with E-state index in [9.17, 15) is 10.1 Å². The van der Waals surface area contributed by atoms with E-state index < -0.39 is 4.92 Å². The van der Waals surface area contributed by atoms with Crippen molar-refractivity contribution in [3.63, 3.8) is 0 Å². The van der Waals surface area contributed by atoms with Gasteiger partial charge in [0, 0.05) is 31.8 Å². The number of rotatable bonds is 12. The van der Waals surface area contributed by atoms with Crippen molar-refractivity contribution in [2.24, 2.45) is 0 Å². The summed E-state index contributed by atoms with van der Waals surface area (Å²) in [7, 11) is 0. The van der Waals surface area contributed by atoms with E-state index in [4.69, 9.17) is 21.1 Å². The first-order valence-electron chi connectivity index (χ1n) is 11.2. The molecule has 0 amide bonds. The van der Waals surface area contributed by atoms with E-state index >= 15 is 0 Å². The Morgan fingerprint density at radius 2 is 1.89 bits per heavy atom. The maximum Gasteiger partial charge on any atom is 0.346 e. The Bertz CT molecular complexity index is 1320. The van der Waals surface area contributed by atoms with Crippen LogP contribution in [0.25, 0.3) is 5.69 Å². The molecule has 0 aliphatic carbocycles. The summed E-state index contributed by atoms with van der Waals surface area (Å²) in [5.41, 5.74) is 2.38. The second-order valence-electron chi connectivity index (χ2n) is 7.55. The van der Waals surface area contributed by atoms with E-state index in [1.165, 1.54) is 16.8 Å². The third-order valence-corrected chi connectivity index (χ3v) is 5.37. The molecule has 0 unspecified atom stereocenters. The van der Waals surface area contributed by atoms with Gasteiger partial charge in [-0.05, 0) is 53.2 Å². The molecule has 0 bridgehead atoms. The summed E-state index contributed by atoms with van der Waals surface area (Å²) in [5, 5.41) is 29.4. The highest BCUT2D eigenvalue weighted by molar-refractivity contribution is 6.33. The molecular weight excluding hydrogens is 486 g/mol. The highest BCUT2D eigenvalue weighted by atomic mass is 35.5. The minimum absolute atomic E-state index is 0.0437. The van der Waals surface area contributed by atoms with Gasteiger partial charge in [0.05, 0.1) is 27.9 Å². The number of benzene rings is 3. The number of nitro groups is 1. The number of nitrogens with zero attached hydrogens (tertiary/aromatic N) is 5. The van der Waals surface area contributed by atoms with Crippen molar-refractivity contribution in [3.8, 4) is 23.2 Å². The number of tetrazole rings is 1. The van der Waals surface area contributed by atoms with Crippen molar-refractivity contribution in [2.45, 2.75) is 13.5 Å². The minimum atomic E-state index is -0.477. The topological polar surface area (TPSA) is 129 Å². The average Bonchev–Trinajstić information content (AvgIpc) is 3.35. The lowest BCUT2D eigenvalue weighted by atomic mass is 10.2.